The van der Waals surface area contributed by atoms with Crippen LogP contribution in [0.1, 0.15) is 9.67 Å². The van der Waals surface area contributed by atoms with Gasteiger partial charge in [-0.05, 0) is 35.3 Å². The first-order chi connectivity index (χ1) is 8.96. The van der Waals surface area contributed by atoms with Crippen LogP contribution in [0.4, 0.5) is 18.9 Å². The number of benzene rings is 1. The van der Waals surface area contributed by atoms with Crippen LogP contribution in [0.5, 0.6) is 0 Å². The summed E-state index contributed by atoms with van der Waals surface area (Å²) in [6, 6.07) is 9.15. The van der Waals surface area contributed by atoms with E-state index in [4.69, 9.17) is 0 Å². The first-order valence-corrected chi connectivity index (χ1v) is 6.85. The topological polar surface area (TPSA) is 29.1 Å². The van der Waals surface area contributed by atoms with Crippen LogP contribution >= 0.6 is 23.1 Å². The number of rotatable bonds is 3. The minimum atomic E-state index is -4.39. The lowest BCUT2D eigenvalue weighted by molar-refractivity contribution is -0.0328. The predicted molar refractivity (Wildman–Crippen MR) is 70.6 cm³/mol. The maximum atomic E-state index is 12.4. The van der Waals surface area contributed by atoms with Gasteiger partial charge in [0.25, 0.3) is 5.91 Å². The number of thiophene rings is 1. The van der Waals surface area contributed by atoms with Crippen molar-refractivity contribution in [3.05, 3.63) is 46.7 Å². The van der Waals surface area contributed by atoms with Gasteiger partial charge in [-0.25, -0.2) is 0 Å². The smallest absolute Gasteiger partial charge is 0.320 e. The average Bonchev–Trinajstić information content (AvgIpc) is 2.83. The van der Waals surface area contributed by atoms with E-state index in [1.54, 1.807) is 23.6 Å². The van der Waals surface area contributed by atoms with Crippen LogP contribution in [-0.2, 0) is 0 Å². The van der Waals surface area contributed by atoms with E-state index in [-0.39, 0.29) is 22.3 Å². The van der Waals surface area contributed by atoms with Crippen molar-refractivity contribution in [1.82, 2.24) is 0 Å². The summed E-state index contributed by atoms with van der Waals surface area (Å²) >= 11 is 0.983. The van der Waals surface area contributed by atoms with E-state index in [1.807, 2.05) is 0 Å². The molecule has 0 aliphatic carbocycles. The molecule has 0 aliphatic heterocycles. The van der Waals surface area contributed by atoms with Crippen molar-refractivity contribution >= 4 is 34.7 Å². The van der Waals surface area contributed by atoms with E-state index in [0.29, 0.717) is 4.88 Å². The Labute approximate surface area is 115 Å². The molecule has 2 nitrogen and oxygen atoms in total. The standard InChI is InChI=1S/C12H8F3NOS2/c13-12(14,15)19-9-5-2-1-4-8(9)16-11(17)10-6-3-7-18-10/h1-7H,(H,16,17). The maximum absolute atomic E-state index is 12.4. The molecule has 0 radical (unpaired) electrons. The number of alkyl halides is 3. The highest BCUT2D eigenvalue weighted by Gasteiger charge is 2.30. The van der Waals surface area contributed by atoms with Gasteiger partial charge < -0.3 is 5.32 Å². The van der Waals surface area contributed by atoms with Gasteiger partial charge in [-0.3, -0.25) is 4.79 Å². The lowest BCUT2D eigenvalue weighted by atomic mass is 10.3. The molecule has 1 amide bonds. The first-order valence-electron chi connectivity index (χ1n) is 5.15. The molecule has 0 bridgehead atoms. The van der Waals surface area contributed by atoms with Gasteiger partial charge in [-0.15, -0.1) is 11.3 Å². The number of anilines is 1. The molecule has 0 spiro atoms. The molecule has 0 unspecified atom stereocenters. The summed E-state index contributed by atoms with van der Waals surface area (Å²) in [5, 5.41) is 4.21. The third kappa shape index (κ3) is 4.00. The Bertz CT molecular complexity index is 567. The van der Waals surface area contributed by atoms with Gasteiger partial charge >= 0.3 is 5.51 Å². The van der Waals surface area contributed by atoms with Crippen LogP contribution in [0.3, 0.4) is 0 Å². The summed E-state index contributed by atoms with van der Waals surface area (Å²) in [6.07, 6.45) is 0. The van der Waals surface area contributed by atoms with Gasteiger partial charge in [-0.2, -0.15) is 13.2 Å². The molecule has 19 heavy (non-hydrogen) atoms. The molecule has 0 aliphatic rings. The lowest BCUT2D eigenvalue weighted by Gasteiger charge is -2.11. The third-order valence-corrected chi connectivity index (χ3v) is 3.78. The van der Waals surface area contributed by atoms with Gasteiger partial charge in [-0.1, -0.05) is 18.2 Å². The molecule has 0 saturated heterocycles. The number of nitrogens with one attached hydrogen (secondary N) is 1. The molecule has 2 aromatic rings. The highest BCUT2D eigenvalue weighted by Crippen LogP contribution is 2.40. The molecular weight excluding hydrogens is 295 g/mol. The van der Waals surface area contributed by atoms with Crippen molar-refractivity contribution in [2.45, 2.75) is 10.4 Å². The zero-order chi connectivity index (χ0) is 13.9. The largest absolute Gasteiger partial charge is 0.446 e. The number of carbonyl (C=O) groups is 1. The molecule has 2 rings (SSSR count). The highest BCUT2D eigenvalue weighted by atomic mass is 32.2. The Morgan fingerprint density at radius 1 is 1.16 bits per heavy atom. The van der Waals surface area contributed by atoms with E-state index in [0.717, 1.165) is 0 Å². The Kier molecular flexibility index (Phi) is 4.16. The number of carbonyl (C=O) groups excluding carboxylic acids is 1. The molecule has 0 fully saturated rings. The molecule has 0 atom stereocenters. The highest BCUT2D eigenvalue weighted by molar-refractivity contribution is 8.00. The van der Waals surface area contributed by atoms with E-state index in [9.17, 15) is 18.0 Å². The Morgan fingerprint density at radius 2 is 1.89 bits per heavy atom. The monoisotopic (exact) mass is 303 g/mol. The maximum Gasteiger partial charge on any atom is 0.446 e. The average molecular weight is 303 g/mol. The van der Waals surface area contributed by atoms with Gasteiger partial charge in [0.05, 0.1) is 10.6 Å². The predicted octanol–water partition coefficient (Wildman–Crippen LogP) is 4.61. The van der Waals surface area contributed by atoms with E-state index >= 15 is 0 Å². The molecule has 1 N–H and O–H groups in total. The van der Waals surface area contributed by atoms with E-state index in [2.05, 4.69) is 5.32 Å². The summed E-state index contributed by atoms with van der Waals surface area (Å²) < 4.78 is 37.2. The summed E-state index contributed by atoms with van der Waals surface area (Å²) in [5.74, 6) is -0.412. The summed E-state index contributed by atoms with van der Waals surface area (Å²) in [5.41, 5.74) is -4.23. The van der Waals surface area contributed by atoms with E-state index in [1.165, 1.54) is 29.5 Å². The molecule has 1 heterocycles. The zero-order valence-corrected chi connectivity index (χ0v) is 11.0. The number of para-hydroxylation sites is 1. The van der Waals surface area contributed by atoms with Crippen molar-refractivity contribution in [3.8, 4) is 0 Å². The number of amides is 1. The SMILES string of the molecule is O=C(Nc1ccccc1SC(F)(F)F)c1cccs1. The third-order valence-electron chi connectivity index (χ3n) is 2.11. The Hall–Kier alpha value is -1.47. The zero-order valence-electron chi connectivity index (χ0n) is 9.40. The number of hydrogen-bond donors (Lipinski definition) is 1. The lowest BCUT2D eigenvalue weighted by Crippen LogP contribution is -2.11. The molecular formula is C12H8F3NOS2. The number of hydrogen-bond acceptors (Lipinski definition) is 3. The van der Waals surface area contributed by atoms with Crippen LogP contribution in [0.2, 0.25) is 0 Å². The fourth-order valence-corrected chi connectivity index (χ4v) is 2.62. The second-order valence-electron chi connectivity index (χ2n) is 3.48. The van der Waals surface area contributed by atoms with Gasteiger partial charge in [0, 0.05) is 4.90 Å². The normalized spacial score (nSPS) is 11.3. The van der Waals surface area contributed by atoms with Gasteiger partial charge in [0.1, 0.15) is 0 Å². The van der Waals surface area contributed by atoms with E-state index < -0.39 is 11.4 Å². The summed E-state index contributed by atoms with van der Waals surface area (Å²) in [7, 11) is 0. The van der Waals surface area contributed by atoms with Crippen LogP contribution in [0.25, 0.3) is 0 Å². The van der Waals surface area contributed by atoms with Crippen molar-refractivity contribution in [1.29, 1.82) is 0 Å². The number of halogens is 3. The van der Waals surface area contributed by atoms with Crippen LogP contribution < -0.4 is 5.32 Å². The van der Waals surface area contributed by atoms with Gasteiger partial charge in [0.2, 0.25) is 0 Å². The Balaban J connectivity index is 2.18. The van der Waals surface area contributed by atoms with Crippen molar-refractivity contribution in [3.63, 3.8) is 0 Å². The van der Waals surface area contributed by atoms with Crippen LogP contribution in [0, 0.1) is 0 Å². The van der Waals surface area contributed by atoms with Crippen LogP contribution in [-0.4, -0.2) is 11.4 Å². The van der Waals surface area contributed by atoms with Crippen molar-refractivity contribution < 1.29 is 18.0 Å². The summed E-state index contributed by atoms with van der Waals surface area (Å²) in [6.45, 7) is 0. The quantitative estimate of drug-likeness (QED) is 0.839. The second-order valence-corrected chi connectivity index (χ2v) is 5.53. The second kappa shape index (κ2) is 5.66. The molecule has 1 aromatic heterocycles. The van der Waals surface area contributed by atoms with Crippen molar-refractivity contribution in [2.24, 2.45) is 0 Å². The molecule has 100 valence electrons. The van der Waals surface area contributed by atoms with Crippen molar-refractivity contribution in [2.75, 3.05) is 5.32 Å². The minimum Gasteiger partial charge on any atom is -0.320 e. The summed E-state index contributed by atoms with van der Waals surface area (Å²) in [4.78, 5) is 12.2. The fraction of sp³-hybridized carbons (Fsp3) is 0.0833. The Morgan fingerprint density at radius 3 is 2.53 bits per heavy atom. The van der Waals surface area contributed by atoms with Crippen LogP contribution in [0.15, 0.2) is 46.7 Å². The minimum absolute atomic E-state index is 0.0279. The molecule has 0 saturated carbocycles. The number of thioether (sulfide) groups is 1. The molecule has 1 aromatic carbocycles. The first kappa shape index (κ1) is 14.0. The fourth-order valence-electron chi connectivity index (χ4n) is 1.38. The van der Waals surface area contributed by atoms with Gasteiger partial charge in [0.15, 0.2) is 0 Å². The molecule has 7 heteroatoms.